The van der Waals surface area contributed by atoms with Gasteiger partial charge in [-0.05, 0) is 48.2 Å². The van der Waals surface area contributed by atoms with Crippen molar-refractivity contribution >= 4 is 67.9 Å². The molecule has 0 radical (unpaired) electrons. The van der Waals surface area contributed by atoms with Gasteiger partial charge in [-0.15, -0.1) is 22.9 Å². The second kappa shape index (κ2) is 13.6. The lowest BCUT2D eigenvalue weighted by atomic mass is 10.1. The predicted molar refractivity (Wildman–Crippen MR) is 161 cm³/mol. The number of nitrogens with zero attached hydrogens (tertiary/aromatic N) is 2. The van der Waals surface area contributed by atoms with Gasteiger partial charge in [-0.2, -0.15) is 0 Å². The van der Waals surface area contributed by atoms with Gasteiger partial charge in [0.15, 0.2) is 18.4 Å². The van der Waals surface area contributed by atoms with E-state index in [4.69, 9.17) is 40.3 Å². The monoisotopic (exact) mass is 629 g/mol. The summed E-state index contributed by atoms with van der Waals surface area (Å²) in [5.41, 5.74) is 1.38. The highest BCUT2D eigenvalue weighted by atomic mass is 35.5. The van der Waals surface area contributed by atoms with Crippen LogP contribution in [0, 0.1) is 0 Å². The molecule has 0 aliphatic carbocycles. The molecule has 228 valence electrons. The van der Waals surface area contributed by atoms with Crippen LogP contribution in [0.5, 0.6) is 5.75 Å². The molecule has 3 heterocycles. The Morgan fingerprint density at radius 1 is 1.02 bits per heavy atom. The van der Waals surface area contributed by atoms with Crippen molar-refractivity contribution in [2.45, 2.75) is 58.3 Å². The van der Waals surface area contributed by atoms with Gasteiger partial charge in [-0.3, -0.25) is 19.0 Å². The Morgan fingerprint density at radius 3 is 2.53 bits per heavy atom. The SMILES string of the molecule is CC(=O)OC[C@H]1O[C@@H](n2c(NCc3cc4ccc(OCCCCl)cc4s3)nc3ccccc32)[C@H](OC(C)=O)[C@@H]1OC(C)=O. The number of fused-ring (bicyclic) bond motifs is 2. The summed E-state index contributed by atoms with van der Waals surface area (Å²) < 4.78 is 31.4. The smallest absolute Gasteiger partial charge is 0.303 e. The summed E-state index contributed by atoms with van der Waals surface area (Å²) >= 11 is 7.39. The maximum atomic E-state index is 12.2. The van der Waals surface area contributed by atoms with Crippen molar-refractivity contribution in [1.29, 1.82) is 0 Å². The van der Waals surface area contributed by atoms with Gasteiger partial charge in [0, 0.05) is 36.2 Å². The second-order valence-electron chi connectivity index (χ2n) is 9.97. The van der Waals surface area contributed by atoms with Crippen LogP contribution in [0.15, 0.2) is 48.5 Å². The van der Waals surface area contributed by atoms with Crippen molar-refractivity contribution < 1.29 is 38.1 Å². The number of para-hydroxylation sites is 2. The average Bonchev–Trinajstić information content (AvgIpc) is 3.63. The van der Waals surface area contributed by atoms with Crippen LogP contribution in [0.1, 0.15) is 38.3 Å². The van der Waals surface area contributed by atoms with Crippen LogP contribution in [-0.2, 0) is 39.9 Å². The third-order valence-electron chi connectivity index (χ3n) is 6.70. The molecule has 2 aromatic carbocycles. The largest absolute Gasteiger partial charge is 0.494 e. The van der Waals surface area contributed by atoms with Crippen molar-refractivity contribution in [2.75, 3.05) is 24.4 Å². The number of halogens is 1. The van der Waals surface area contributed by atoms with Crippen LogP contribution >= 0.6 is 22.9 Å². The van der Waals surface area contributed by atoms with Crippen molar-refractivity contribution in [3.05, 3.63) is 53.4 Å². The zero-order valence-electron chi connectivity index (χ0n) is 23.9. The number of anilines is 1. The van der Waals surface area contributed by atoms with Crippen LogP contribution in [0.3, 0.4) is 0 Å². The molecule has 1 fully saturated rings. The molecule has 43 heavy (non-hydrogen) atoms. The molecule has 11 nitrogen and oxygen atoms in total. The third-order valence-corrected chi connectivity index (χ3v) is 8.07. The first-order valence-corrected chi connectivity index (χ1v) is 15.1. The van der Waals surface area contributed by atoms with Gasteiger partial charge in [0.05, 0.1) is 24.2 Å². The number of nitrogens with one attached hydrogen (secondary N) is 1. The third kappa shape index (κ3) is 7.20. The molecule has 1 N–H and O–H groups in total. The zero-order chi connectivity index (χ0) is 30.5. The number of ether oxygens (including phenoxy) is 5. The van der Waals surface area contributed by atoms with E-state index in [-0.39, 0.29) is 6.61 Å². The molecule has 4 atom stereocenters. The fourth-order valence-electron chi connectivity index (χ4n) is 4.98. The molecule has 0 unspecified atom stereocenters. The number of esters is 3. The maximum Gasteiger partial charge on any atom is 0.303 e. The molecule has 0 spiro atoms. The number of imidazole rings is 1. The highest BCUT2D eigenvalue weighted by Gasteiger charge is 2.51. The van der Waals surface area contributed by atoms with E-state index in [1.165, 1.54) is 20.8 Å². The van der Waals surface area contributed by atoms with E-state index in [9.17, 15) is 14.4 Å². The number of hydrogen-bond donors (Lipinski definition) is 1. The quantitative estimate of drug-likeness (QED) is 0.0967. The first-order chi connectivity index (χ1) is 20.7. The fraction of sp³-hybridized carbons (Fsp3) is 0.400. The molecule has 1 aliphatic heterocycles. The highest BCUT2D eigenvalue weighted by Crippen LogP contribution is 2.39. The number of aromatic nitrogens is 2. The van der Waals surface area contributed by atoms with Crippen LogP contribution in [-0.4, -0.2) is 64.9 Å². The van der Waals surface area contributed by atoms with Gasteiger partial charge in [-0.25, -0.2) is 4.98 Å². The first-order valence-electron chi connectivity index (χ1n) is 13.8. The normalized spacial score (nSPS) is 19.8. The Hall–Kier alpha value is -3.87. The Morgan fingerprint density at radius 2 is 1.79 bits per heavy atom. The van der Waals surface area contributed by atoms with Crippen LogP contribution < -0.4 is 10.1 Å². The molecule has 0 amide bonds. The summed E-state index contributed by atoms with van der Waals surface area (Å²) in [4.78, 5) is 41.7. The summed E-state index contributed by atoms with van der Waals surface area (Å²) in [6.45, 7) is 4.59. The zero-order valence-corrected chi connectivity index (χ0v) is 25.5. The van der Waals surface area contributed by atoms with E-state index < -0.39 is 42.4 Å². The lowest BCUT2D eigenvalue weighted by Gasteiger charge is -2.25. The van der Waals surface area contributed by atoms with Gasteiger partial charge in [-0.1, -0.05) is 12.1 Å². The summed E-state index contributed by atoms with van der Waals surface area (Å²) in [5, 5.41) is 4.50. The Bertz CT molecular complexity index is 1620. The second-order valence-corrected chi connectivity index (χ2v) is 11.5. The number of benzene rings is 2. The molecular formula is C30H32ClN3O8S. The lowest BCUT2D eigenvalue weighted by Crippen LogP contribution is -2.40. The van der Waals surface area contributed by atoms with Crippen LogP contribution in [0.4, 0.5) is 5.95 Å². The van der Waals surface area contributed by atoms with E-state index in [0.29, 0.717) is 36.0 Å². The Balaban J connectivity index is 1.45. The van der Waals surface area contributed by atoms with Gasteiger partial charge < -0.3 is 29.0 Å². The minimum atomic E-state index is -1.04. The highest BCUT2D eigenvalue weighted by molar-refractivity contribution is 7.19. The maximum absolute atomic E-state index is 12.2. The Labute approximate surface area is 257 Å². The minimum Gasteiger partial charge on any atom is -0.494 e. The van der Waals surface area contributed by atoms with Crippen LogP contribution in [0.25, 0.3) is 21.1 Å². The molecule has 1 aliphatic rings. The van der Waals surface area contributed by atoms with Crippen molar-refractivity contribution in [2.24, 2.45) is 0 Å². The number of thiophene rings is 1. The van der Waals surface area contributed by atoms with E-state index in [2.05, 4.69) is 11.4 Å². The van der Waals surface area contributed by atoms with Crippen LogP contribution in [0.2, 0.25) is 0 Å². The fourth-order valence-corrected chi connectivity index (χ4v) is 6.12. The molecule has 2 aromatic heterocycles. The van der Waals surface area contributed by atoms with Gasteiger partial charge >= 0.3 is 17.9 Å². The van der Waals surface area contributed by atoms with Crippen molar-refractivity contribution in [3.63, 3.8) is 0 Å². The average molecular weight is 630 g/mol. The number of carbonyl (C=O) groups is 3. The number of carbonyl (C=O) groups excluding carboxylic acids is 3. The van der Waals surface area contributed by atoms with E-state index in [1.807, 2.05) is 42.5 Å². The molecule has 4 aromatic rings. The van der Waals surface area contributed by atoms with Crippen molar-refractivity contribution in [3.8, 4) is 5.75 Å². The lowest BCUT2D eigenvalue weighted by molar-refractivity contribution is -0.166. The Kier molecular flexibility index (Phi) is 9.69. The van der Waals surface area contributed by atoms with Gasteiger partial charge in [0.25, 0.3) is 0 Å². The minimum absolute atomic E-state index is 0.198. The van der Waals surface area contributed by atoms with Gasteiger partial charge in [0.2, 0.25) is 5.95 Å². The topological polar surface area (TPSA) is 127 Å². The summed E-state index contributed by atoms with van der Waals surface area (Å²) in [7, 11) is 0. The first kappa shape index (κ1) is 30.6. The number of alkyl halides is 1. The molecule has 1 saturated heterocycles. The van der Waals surface area contributed by atoms with Crippen molar-refractivity contribution in [1.82, 2.24) is 9.55 Å². The van der Waals surface area contributed by atoms with E-state index in [0.717, 1.165) is 27.1 Å². The standard InChI is InChI=1S/C30H32ClN3O8S/c1-17(35)39-16-25-27(40-18(2)36)28(41-19(3)37)29(42-25)34-24-8-5-4-7-23(24)33-30(34)32-15-22-13-20-9-10-21(14-26(20)43-22)38-12-6-11-31/h4-5,7-10,13-14,25,27-29H,6,11-12,15-16H2,1-3H3,(H,32,33)/t25-,27-,28-,29-/m1/s1. The van der Waals surface area contributed by atoms with E-state index >= 15 is 0 Å². The predicted octanol–water partition coefficient (Wildman–Crippen LogP) is 5.19. The summed E-state index contributed by atoms with van der Waals surface area (Å²) in [6, 6.07) is 15.5. The molecule has 13 heteroatoms. The summed E-state index contributed by atoms with van der Waals surface area (Å²) in [6.07, 6.45) is -3.13. The van der Waals surface area contributed by atoms with Gasteiger partial charge in [0.1, 0.15) is 18.5 Å². The number of hydrogen-bond acceptors (Lipinski definition) is 11. The molecular weight excluding hydrogens is 598 g/mol. The summed E-state index contributed by atoms with van der Waals surface area (Å²) in [5.74, 6) is 0.101. The molecule has 0 bridgehead atoms. The molecule has 5 rings (SSSR count). The number of rotatable bonds is 12. The molecule has 0 saturated carbocycles. The van der Waals surface area contributed by atoms with E-state index in [1.54, 1.807) is 15.9 Å².